The lowest BCUT2D eigenvalue weighted by Gasteiger charge is -2.20. The Morgan fingerprint density at radius 1 is 1.11 bits per heavy atom. The lowest BCUT2D eigenvalue weighted by molar-refractivity contribution is 0.117. The van der Waals surface area contributed by atoms with Crippen LogP contribution in [-0.4, -0.2) is 5.11 Å². The van der Waals surface area contributed by atoms with Crippen molar-refractivity contribution in [2.45, 2.75) is 19.4 Å². The number of benzene rings is 2. The maximum Gasteiger partial charge on any atom is 0.142 e. The van der Waals surface area contributed by atoms with E-state index < -0.39 is 11.9 Å². The molecule has 0 aliphatic carbocycles. The van der Waals surface area contributed by atoms with Gasteiger partial charge < -0.3 is 5.11 Å². The fraction of sp³-hybridized carbons (Fsp3) is 0.250. The lowest BCUT2D eigenvalue weighted by atomic mass is 9.91. The molecule has 2 aromatic carbocycles. The standard InChI is InChI=1S/C16H16ClFO/c1-11(16(19)12-6-3-2-4-7-12)10-13-8-5-9-14(18)15(13)17/h2-9,11,16,19H,10H2,1H3. The first-order valence-electron chi connectivity index (χ1n) is 6.25. The molecule has 0 radical (unpaired) electrons. The van der Waals surface area contributed by atoms with Crippen LogP contribution in [0.5, 0.6) is 0 Å². The zero-order valence-electron chi connectivity index (χ0n) is 10.7. The summed E-state index contributed by atoms with van der Waals surface area (Å²) in [5, 5.41) is 10.4. The molecule has 0 spiro atoms. The van der Waals surface area contributed by atoms with E-state index in [-0.39, 0.29) is 10.9 Å². The van der Waals surface area contributed by atoms with Crippen molar-refractivity contribution >= 4 is 11.6 Å². The Kier molecular flexibility index (Phi) is 4.56. The van der Waals surface area contributed by atoms with E-state index in [9.17, 15) is 9.50 Å². The molecule has 0 aliphatic rings. The van der Waals surface area contributed by atoms with E-state index in [1.54, 1.807) is 12.1 Å². The molecule has 0 aromatic heterocycles. The second-order valence-electron chi connectivity index (χ2n) is 4.75. The van der Waals surface area contributed by atoms with Gasteiger partial charge in [-0.3, -0.25) is 0 Å². The average molecular weight is 279 g/mol. The topological polar surface area (TPSA) is 20.2 Å². The smallest absolute Gasteiger partial charge is 0.142 e. The minimum absolute atomic E-state index is 0.0401. The van der Waals surface area contributed by atoms with Crippen molar-refractivity contribution < 1.29 is 9.50 Å². The van der Waals surface area contributed by atoms with E-state index in [4.69, 9.17) is 11.6 Å². The molecule has 100 valence electrons. The Labute approximate surface area is 117 Å². The van der Waals surface area contributed by atoms with Crippen LogP contribution in [0.25, 0.3) is 0 Å². The zero-order valence-corrected chi connectivity index (χ0v) is 11.4. The van der Waals surface area contributed by atoms with Gasteiger partial charge >= 0.3 is 0 Å². The highest BCUT2D eigenvalue weighted by Gasteiger charge is 2.18. The van der Waals surface area contributed by atoms with Gasteiger partial charge in [-0.05, 0) is 29.5 Å². The van der Waals surface area contributed by atoms with Gasteiger partial charge in [0.25, 0.3) is 0 Å². The lowest BCUT2D eigenvalue weighted by Crippen LogP contribution is -2.12. The SMILES string of the molecule is CC(Cc1cccc(F)c1Cl)C(O)c1ccccc1. The van der Waals surface area contributed by atoms with Crippen LogP contribution >= 0.6 is 11.6 Å². The van der Waals surface area contributed by atoms with Gasteiger partial charge in [0.05, 0.1) is 11.1 Å². The van der Waals surface area contributed by atoms with Crippen molar-refractivity contribution in [1.82, 2.24) is 0 Å². The second-order valence-corrected chi connectivity index (χ2v) is 5.13. The van der Waals surface area contributed by atoms with Gasteiger partial charge in [0.15, 0.2) is 0 Å². The Hall–Kier alpha value is -1.38. The predicted molar refractivity (Wildman–Crippen MR) is 75.7 cm³/mol. The number of aliphatic hydroxyl groups excluding tert-OH is 1. The summed E-state index contributed by atoms with van der Waals surface area (Å²) < 4.78 is 13.4. The van der Waals surface area contributed by atoms with Crippen LogP contribution < -0.4 is 0 Å². The first-order valence-corrected chi connectivity index (χ1v) is 6.63. The Morgan fingerprint density at radius 2 is 1.79 bits per heavy atom. The number of rotatable bonds is 4. The summed E-state index contributed by atoms with van der Waals surface area (Å²) in [4.78, 5) is 0. The molecule has 3 heteroatoms. The first-order chi connectivity index (χ1) is 9.09. The summed E-state index contributed by atoms with van der Waals surface area (Å²) in [6.45, 7) is 1.93. The summed E-state index contributed by atoms with van der Waals surface area (Å²) >= 11 is 5.93. The molecule has 2 atom stereocenters. The van der Waals surface area contributed by atoms with Gasteiger partial charge in [-0.2, -0.15) is 0 Å². The van der Waals surface area contributed by atoms with Crippen LogP contribution in [0, 0.1) is 11.7 Å². The molecule has 1 nitrogen and oxygen atoms in total. The fourth-order valence-corrected chi connectivity index (χ4v) is 2.35. The van der Waals surface area contributed by atoms with Crippen molar-refractivity contribution in [3.8, 4) is 0 Å². The van der Waals surface area contributed by atoms with E-state index in [0.717, 1.165) is 11.1 Å². The zero-order chi connectivity index (χ0) is 13.8. The maximum atomic E-state index is 13.4. The molecule has 0 amide bonds. The van der Waals surface area contributed by atoms with Crippen LogP contribution in [0.15, 0.2) is 48.5 Å². The molecule has 19 heavy (non-hydrogen) atoms. The van der Waals surface area contributed by atoms with E-state index in [0.29, 0.717) is 6.42 Å². The molecular formula is C16H16ClFO. The third kappa shape index (κ3) is 3.34. The van der Waals surface area contributed by atoms with E-state index >= 15 is 0 Å². The van der Waals surface area contributed by atoms with Gasteiger partial charge in [0, 0.05) is 0 Å². The third-order valence-corrected chi connectivity index (χ3v) is 3.68. The van der Waals surface area contributed by atoms with Crippen LogP contribution in [0.3, 0.4) is 0 Å². The number of hydrogen-bond acceptors (Lipinski definition) is 1. The van der Waals surface area contributed by atoms with Gasteiger partial charge in [-0.1, -0.05) is 61.0 Å². The minimum Gasteiger partial charge on any atom is -0.388 e. The monoisotopic (exact) mass is 278 g/mol. The Bertz CT molecular complexity index is 542. The van der Waals surface area contributed by atoms with E-state index in [1.165, 1.54) is 6.07 Å². The molecular weight excluding hydrogens is 263 g/mol. The highest BCUT2D eigenvalue weighted by atomic mass is 35.5. The van der Waals surface area contributed by atoms with E-state index in [1.807, 2.05) is 37.3 Å². The van der Waals surface area contributed by atoms with Gasteiger partial charge in [0.2, 0.25) is 0 Å². The van der Waals surface area contributed by atoms with Crippen molar-refractivity contribution in [1.29, 1.82) is 0 Å². The van der Waals surface area contributed by atoms with Crippen LogP contribution in [0.1, 0.15) is 24.2 Å². The molecule has 0 saturated heterocycles. The van der Waals surface area contributed by atoms with Crippen LogP contribution in [0.2, 0.25) is 5.02 Å². The summed E-state index contributed by atoms with van der Waals surface area (Å²) in [6.07, 6.45) is -0.0485. The number of aliphatic hydroxyl groups is 1. The molecule has 0 heterocycles. The van der Waals surface area contributed by atoms with Crippen molar-refractivity contribution in [3.05, 3.63) is 70.5 Å². The Balaban J connectivity index is 2.13. The van der Waals surface area contributed by atoms with Gasteiger partial charge in [-0.25, -0.2) is 4.39 Å². The largest absolute Gasteiger partial charge is 0.388 e. The van der Waals surface area contributed by atoms with Crippen molar-refractivity contribution in [3.63, 3.8) is 0 Å². The van der Waals surface area contributed by atoms with E-state index in [2.05, 4.69) is 0 Å². The van der Waals surface area contributed by atoms with Gasteiger partial charge in [0.1, 0.15) is 5.82 Å². The second kappa shape index (κ2) is 6.18. The quantitative estimate of drug-likeness (QED) is 0.879. The average Bonchev–Trinajstić information content (AvgIpc) is 2.44. The Morgan fingerprint density at radius 3 is 2.47 bits per heavy atom. The highest BCUT2D eigenvalue weighted by Crippen LogP contribution is 2.28. The molecule has 0 saturated carbocycles. The molecule has 2 rings (SSSR count). The minimum atomic E-state index is -0.583. The first kappa shape index (κ1) is 14.0. The summed E-state index contributed by atoms with van der Waals surface area (Å²) in [5.74, 6) is -0.456. The van der Waals surface area contributed by atoms with Gasteiger partial charge in [-0.15, -0.1) is 0 Å². The summed E-state index contributed by atoms with van der Waals surface area (Å²) in [5.41, 5.74) is 1.59. The summed E-state index contributed by atoms with van der Waals surface area (Å²) in [7, 11) is 0. The van der Waals surface area contributed by atoms with Crippen molar-refractivity contribution in [2.24, 2.45) is 5.92 Å². The molecule has 2 unspecified atom stereocenters. The fourth-order valence-electron chi connectivity index (χ4n) is 2.14. The summed E-state index contributed by atoms with van der Waals surface area (Å²) in [6, 6.07) is 14.2. The predicted octanol–water partition coefficient (Wildman–Crippen LogP) is 4.39. The molecule has 2 aromatic rings. The highest BCUT2D eigenvalue weighted by molar-refractivity contribution is 6.31. The molecule has 0 fully saturated rings. The number of hydrogen-bond donors (Lipinski definition) is 1. The maximum absolute atomic E-state index is 13.4. The molecule has 0 bridgehead atoms. The molecule has 1 N–H and O–H groups in total. The molecule has 0 aliphatic heterocycles. The normalized spacial score (nSPS) is 14.1. The third-order valence-electron chi connectivity index (χ3n) is 3.25. The van der Waals surface area contributed by atoms with Crippen LogP contribution in [0.4, 0.5) is 4.39 Å². The number of halogens is 2. The van der Waals surface area contributed by atoms with Crippen molar-refractivity contribution in [2.75, 3.05) is 0 Å². The van der Waals surface area contributed by atoms with Crippen LogP contribution in [-0.2, 0) is 6.42 Å².